The Morgan fingerprint density at radius 3 is 3.04 bits per heavy atom. The third-order valence-electron chi connectivity index (χ3n) is 5.57. The van der Waals surface area contributed by atoms with Gasteiger partial charge in [-0.05, 0) is 37.8 Å². The van der Waals surface area contributed by atoms with Crippen molar-refractivity contribution in [3.05, 3.63) is 48.2 Å². The maximum atomic E-state index is 12.6. The molecule has 3 atom stereocenters. The van der Waals surface area contributed by atoms with Gasteiger partial charge in [0.15, 0.2) is 0 Å². The van der Waals surface area contributed by atoms with Crippen LogP contribution in [0.2, 0.25) is 0 Å². The topological polar surface area (TPSA) is 45.3 Å². The summed E-state index contributed by atoms with van der Waals surface area (Å²) < 4.78 is 5.37. The summed E-state index contributed by atoms with van der Waals surface area (Å²) >= 11 is 0. The number of piperidine rings is 1. The second kappa shape index (κ2) is 6.10. The molecular formula is C20H24N2O2. The largest absolute Gasteiger partial charge is 0.465 e. The number of carbonyl (C=O) groups is 1. The molecule has 3 heterocycles. The van der Waals surface area contributed by atoms with Crippen LogP contribution in [-0.2, 0) is 16.0 Å². The van der Waals surface area contributed by atoms with E-state index in [9.17, 15) is 4.79 Å². The number of H-pyrrole nitrogens is 1. The molecular weight excluding hydrogens is 300 g/mol. The highest BCUT2D eigenvalue weighted by Gasteiger charge is 2.44. The first-order chi connectivity index (χ1) is 11.7. The fourth-order valence-corrected chi connectivity index (χ4v) is 4.52. The van der Waals surface area contributed by atoms with Gasteiger partial charge in [-0.2, -0.15) is 0 Å². The molecule has 2 aromatic rings. The number of hydrogen-bond donors (Lipinski definition) is 1. The number of aromatic nitrogens is 1. The van der Waals surface area contributed by atoms with Crippen molar-refractivity contribution >= 4 is 16.9 Å². The number of ether oxygens (including phenoxy) is 1. The summed E-state index contributed by atoms with van der Waals surface area (Å²) in [6.45, 7) is 7.14. The van der Waals surface area contributed by atoms with Crippen molar-refractivity contribution in [3.8, 4) is 0 Å². The van der Waals surface area contributed by atoms with E-state index < -0.39 is 0 Å². The van der Waals surface area contributed by atoms with Gasteiger partial charge in [0.1, 0.15) is 6.04 Å². The molecule has 126 valence electrons. The molecule has 1 aromatic heterocycles. The van der Waals surface area contributed by atoms with Crippen LogP contribution in [0.3, 0.4) is 0 Å². The number of nitrogens with one attached hydrogen (secondary N) is 1. The summed E-state index contributed by atoms with van der Waals surface area (Å²) in [5.41, 5.74) is 3.91. The highest BCUT2D eigenvalue weighted by molar-refractivity contribution is 5.85. The number of hydrogen-bond acceptors (Lipinski definition) is 3. The Hall–Kier alpha value is -2.07. The second-order valence-corrected chi connectivity index (χ2v) is 6.74. The Morgan fingerprint density at radius 1 is 1.42 bits per heavy atom. The van der Waals surface area contributed by atoms with Crippen molar-refractivity contribution in [2.45, 2.75) is 38.3 Å². The van der Waals surface area contributed by atoms with E-state index in [4.69, 9.17) is 4.74 Å². The zero-order chi connectivity index (χ0) is 16.7. The maximum absolute atomic E-state index is 12.6. The van der Waals surface area contributed by atoms with Crippen LogP contribution in [0.1, 0.15) is 37.1 Å². The number of rotatable bonds is 3. The Labute approximate surface area is 142 Å². The van der Waals surface area contributed by atoms with Crippen molar-refractivity contribution in [2.75, 3.05) is 13.2 Å². The molecule has 1 saturated heterocycles. The van der Waals surface area contributed by atoms with Crippen LogP contribution in [0, 0.1) is 5.92 Å². The van der Waals surface area contributed by atoms with Gasteiger partial charge in [0.25, 0.3) is 0 Å². The van der Waals surface area contributed by atoms with Crippen LogP contribution >= 0.6 is 0 Å². The van der Waals surface area contributed by atoms with Gasteiger partial charge in [0.2, 0.25) is 0 Å². The highest BCUT2D eigenvalue weighted by atomic mass is 16.5. The average Bonchev–Trinajstić information content (AvgIpc) is 2.99. The first-order valence-corrected chi connectivity index (χ1v) is 8.89. The van der Waals surface area contributed by atoms with Crippen molar-refractivity contribution in [3.63, 3.8) is 0 Å². The Bertz CT molecular complexity index is 779. The van der Waals surface area contributed by atoms with Gasteiger partial charge in [-0.3, -0.25) is 9.69 Å². The molecule has 4 rings (SSSR count). The van der Waals surface area contributed by atoms with Crippen molar-refractivity contribution in [2.24, 2.45) is 5.92 Å². The molecule has 0 spiro atoms. The molecule has 1 aromatic carbocycles. The fraction of sp³-hybridized carbons (Fsp3) is 0.450. The van der Waals surface area contributed by atoms with E-state index >= 15 is 0 Å². The normalized spacial score (nSPS) is 26.6. The van der Waals surface area contributed by atoms with Gasteiger partial charge in [-0.15, -0.1) is 6.58 Å². The molecule has 1 fully saturated rings. The Kier molecular flexibility index (Phi) is 3.93. The summed E-state index contributed by atoms with van der Waals surface area (Å²) in [6, 6.07) is 8.55. The number of carbonyl (C=O) groups excluding carboxylic acids is 1. The minimum atomic E-state index is -0.208. The van der Waals surface area contributed by atoms with Gasteiger partial charge in [-0.25, -0.2) is 0 Å². The third-order valence-corrected chi connectivity index (χ3v) is 5.57. The number of esters is 1. The van der Waals surface area contributed by atoms with Crippen LogP contribution in [0.15, 0.2) is 36.9 Å². The molecule has 0 bridgehead atoms. The van der Waals surface area contributed by atoms with Gasteiger partial charge >= 0.3 is 5.97 Å². The molecule has 0 saturated carbocycles. The minimum absolute atomic E-state index is 0.105. The average molecular weight is 324 g/mol. The number of aromatic amines is 1. The molecule has 1 N–H and O–H groups in total. The van der Waals surface area contributed by atoms with Crippen LogP contribution in [0.5, 0.6) is 0 Å². The molecule has 2 aliphatic rings. The van der Waals surface area contributed by atoms with Crippen LogP contribution < -0.4 is 0 Å². The Balaban J connectivity index is 1.74. The van der Waals surface area contributed by atoms with E-state index in [0.717, 1.165) is 25.8 Å². The summed E-state index contributed by atoms with van der Waals surface area (Å²) in [5, 5.41) is 1.32. The summed E-state index contributed by atoms with van der Waals surface area (Å²) in [4.78, 5) is 18.5. The van der Waals surface area contributed by atoms with E-state index in [1.807, 2.05) is 13.0 Å². The SMILES string of the molecule is C=C[C@@H]1CCC2c3[nH]c4ccccc4c3CCN2[C@H]1C(=O)OCC. The summed E-state index contributed by atoms with van der Waals surface area (Å²) in [5.74, 6) is 0.0675. The zero-order valence-electron chi connectivity index (χ0n) is 14.1. The van der Waals surface area contributed by atoms with Crippen molar-refractivity contribution in [1.29, 1.82) is 0 Å². The lowest BCUT2D eigenvalue weighted by Crippen LogP contribution is -2.53. The minimum Gasteiger partial charge on any atom is -0.465 e. The third kappa shape index (κ3) is 2.28. The van der Waals surface area contributed by atoms with Crippen LogP contribution in [-0.4, -0.2) is 35.0 Å². The summed E-state index contributed by atoms with van der Waals surface area (Å²) in [7, 11) is 0. The quantitative estimate of drug-likeness (QED) is 0.693. The van der Waals surface area contributed by atoms with Gasteiger partial charge < -0.3 is 9.72 Å². The lowest BCUT2D eigenvalue weighted by atomic mass is 9.81. The molecule has 2 aliphatic heterocycles. The Morgan fingerprint density at radius 2 is 2.25 bits per heavy atom. The maximum Gasteiger partial charge on any atom is 0.323 e. The zero-order valence-corrected chi connectivity index (χ0v) is 14.1. The number of benzene rings is 1. The monoisotopic (exact) mass is 324 g/mol. The smallest absolute Gasteiger partial charge is 0.323 e. The van der Waals surface area contributed by atoms with Crippen molar-refractivity contribution < 1.29 is 9.53 Å². The fourth-order valence-electron chi connectivity index (χ4n) is 4.52. The van der Waals surface area contributed by atoms with Crippen LogP contribution in [0.4, 0.5) is 0 Å². The molecule has 1 unspecified atom stereocenters. The predicted molar refractivity (Wildman–Crippen MR) is 94.8 cm³/mol. The molecule has 0 radical (unpaired) electrons. The first kappa shape index (κ1) is 15.5. The molecule has 4 heteroatoms. The molecule has 24 heavy (non-hydrogen) atoms. The number of para-hydroxylation sites is 1. The van der Waals surface area contributed by atoms with E-state index in [1.54, 1.807) is 0 Å². The highest BCUT2D eigenvalue weighted by Crippen LogP contribution is 2.43. The van der Waals surface area contributed by atoms with Crippen molar-refractivity contribution in [1.82, 2.24) is 9.88 Å². The lowest BCUT2D eigenvalue weighted by Gasteiger charge is -2.46. The van der Waals surface area contributed by atoms with E-state index in [0.29, 0.717) is 6.61 Å². The van der Waals surface area contributed by atoms with Gasteiger partial charge in [0.05, 0.1) is 12.6 Å². The molecule has 4 nitrogen and oxygen atoms in total. The second-order valence-electron chi connectivity index (χ2n) is 6.74. The first-order valence-electron chi connectivity index (χ1n) is 8.89. The molecule has 0 aliphatic carbocycles. The van der Waals surface area contributed by atoms with Gasteiger partial charge in [0, 0.05) is 29.1 Å². The number of fused-ring (bicyclic) bond motifs is 5. The van der Waals surface area contributed by atoms with Crippen LogP contribution in [0.25, 0.3) is 10.9 Å². The molecule has 0 amide bonds. The van der Waals surface area contributed by atoms with E-state index in [1.165, 1.54) is 22.2 Å². The lowest BCUT2D eigenvalue weighted by molar-refractivity contribution is -0.155. The predicted octanol–water partition coefficient (Wildman–Crippen LogP) is 3.59. The summed E-state index contributed by atoms with van der Waals surface area (Å²) in [6.07, 6.45) is 4.92. The van der Waals surface area contributed by atoms with Gasteiger partial charge in [-0.1, -0.05) is 24.3 Å². The standard InChI is InChI=1S/C20H24N2O2/c1-3-13-9-10-17-18-15(14-7-5-6-8-16(14)21-18)11-12-22(17)19(13)20(23)24-4-2/h3,5-8,13,17,19,21H,1,4,9-12H2,2H3/t13-,17?,19-/m1/s1. The van der Waals surface area contributed by atoms with E-state index in [2.05, 4.69) is 40.7 Å². The van der Waals surface area contributed by atoms with E-state index in [-0.39, 0.29) is 24.0 Å². The number of nitrogens with zero attached hydrogens (tertiary/aromatic N) is 1.